The maximum absolute atomic E-state index is 3.61. The summed E-state index contributed by atoms with van der Waals surface area (Å²) in [5.41, 5.74) is 0. The van der Waals surface area contributed by atoms with Crippen LogP contribution in [0.2, 0.25) is 0 Å². The van der Waals surface area contributed by atoms with Gasteiger partial charge in [0.1, 0.15) is 0 Å². The van der Waals surface area contributed by atoms with Crippen LogP contribution in [0.1, 0.15) is 52.9 Å². The molecule has 2 nitrogen and oxygen atoms in total. The Morgan fingerprint density at radius 2 is 1.82 bits per heavy atom. The molecule has 0 amide bonds. The second-order valence-corrected chi connectivity index (χ2v) is 6.34. The molecule has 2 aliphatic rings. The summed E-state index contributed by atoms with van der Waals surface area (Å²) in [4.78, 5) is 2.77. The van der Waals surface area contributed by atoms with E-state index in [2.05, 4.69) is 31.0 Å². The molecule has 2 fully saturated rings. The predicted molar refractivity (Wildman–Crippen MR) is 74.2 cm³/mol. The summed E-state index contributed by atoms with van der Waals surface area (Å²) >= 11 is 0. The average Bonchev–Trinajstić information content (AvgIpc) is 2.78. The van der Waals surface area contributed by atoms with Crippen LogP contribution in [-0.2, 0) is 0 Å². The fraction of sp³-hybridized carbons (Fsp3) is 1.00. The van der Waals surface area contributed by atoms with Crippen LogP contribution in [0.5, 0.6) is 0 Å². The van der Waals surface area contributed by atoms with Crippen molar-refractivity contribution in [2.24, 2.45) is 11.8 Å². The lowest BCUT2D eigenvalue weighted by Gasteiger charge is -2.37. The number of likely N-dealkylation sites (tertiary alicyclic amines) is 1. The lowest BCUT2D eigenvalue weighted by molar-refractivity contribution is 0.115. The Bertz CT molecular complexity index is 219. The topological polar surface area (TPSA) is 15.3 Å². The maximum Gasteiger partial charge on any atom is 0.0111 e. The fourth-order valence-corrected chi connectivity index (χ4v) is 3.71. The van der Waals surface area contributed by atoms with Crippen LogP contribution in [0.25, 0.3) is 0 Å². The zero-order valence-electron chi connectivity index (χ0n) is 11.9. The third-order valence-corrected chi connectivity index (χ3v) is 4.93. The molecule has 1 saturated heterocycles. The molecule has 100 valence electrons. The quantitative estimate of drug-likeness (QED) is 0.810. The van der Waals surface area contributed by atoms with Crippen LogP contribution in [0.3, 0.4) is 0 Å². The van der Waals surface area contributed by atoms with Crippen LogP contribution in [0.4, 0.5) is 0 Å². The minimum atomic E-state index is 0.799. The molecule has 0 aromatic heterocycles. The first-order valence-electron chi connectivity index (χ1n) is 7.68. The maximum atomic E-state index is 3.61. The van der Waals surface area contributed by atoms with Crippen molar-refractivity contribution in [3.05, 3.63) is 0 Å². The normalized spacial score (nSPS) is 32.5. The molecular formula is C15H30N2. The van der Waals surface area contributed by atoms with Crippen molar-refractivity contribution < 1.29 is 0 Å². The number of rotatable bonds is 4. The van der Waals surface area contributed by atoms with Crippen LogP contribution in [0.15, 0.2) is 0 Å². The Kier molecular flexibility index (Phi) is 4.87. The SMILES string of the molecule is CCNC1CCC(N2CCC(C(C)C)CC2)C1. The highest BCUT2D eigenvalue weighted by Gasteiger charge is 2.31. The van der Waals surface area contributed by atoms with Crippen molar-refractivity contribution in [3.8, 4) is 0 Å². The zero-order chi connectivity index (χ0) is 12.3. The molecule has 0 aromatic carbocycles. The highest BCUT2D eigenvalue weighted by Crippen LogP contribution is 2.30. The minimum absolute atomic E-state index is 0.799. The second kappa shape index (κ2) is 6.19. The van der Waals surface area contributed by atoms with E-state index < -0.39 is 0 Å². The highest BCUT2D eigenvalue weighted by atomic mass is 15.2. The van der Waals surface area contributed by atoms with Crippen LogP contribution >= 0.6 is 0 Å². The Hall–Kier alpha value is -0.0800. The number of piperidine rings is 1. The molecule has 1 heterocycles. The largest absolute Gasteiger partial charge is 0.314 e. The average molecular weight is 238 g/mol. The molecule has 1 N–H and O–H groups in total. The second-order valence-electron chi connectivity index (χ2n) is 6.34. The van der Waals surface area contributed by atoms with Gasteiger partial charge in [0.25, 0.3) is 0 Å². The van der Waals surface area contributed by atoms with Gasteiger partial charge in [-0.05, 0) is 63.6 Å². The smallest absolute Gasteiger partial charge is 0.0111 e. The molecule has 2 heteroatoms. The van der Waals surface area contributed by atoms with E-state index in [0.717, 1.165) is 30.5 Å². The van der Waals surface area contributed by atoms with E-state index in [1.807, 2.05) is 0 Å². The Labute approximate surface area is 107 Å². The van der Waals surface area contributed by atoms with Gasteiger partial charge in [0.05, 0.1) is 0 Å². The van der Waals surface area contributed by atoms with Crippen LogP contribution in [0, 0.1) is 11.8 Å². The van der Waals surface area contributed by atoms with Crippen molar-refractivity contribution in [2.75, 3.05) is 19.6 Å². The summed E-state index contributed by atoms with van der Waals surface area (Å²) in [6.07, 6.45) is 7.06. The predicted octanol–water partition coefficient (Wildman–Crippen LogP) is 2.89. The van der Waals surface area contributed by atoms with Gasteiger partial charge in [-0.15, -0.1) is 0 Å². The standard InChI is InChI=1S/C15H30N2/c1-4-16-14-5-6-15(11-14)17-9-7-13(8-10-17)12(2)3/h12-16H,4-11H2,1-3H3. The van der Waals surface area contributed by atoms with Crippen molar-refractivity contribution in [1.29, 1.82) is 0 Å². The van der Waals surface area contributed by atoms with E-state index in [0.29, 0.717) is 0 Å². The Morgan fingerprint density at radius 1 is 1.12 bits per heavy atom. The summed E-state index contributed by atoms with van der Waals surface area (Å²) < 4.78 is 0. The molecule has 0 bridgehead atoms. The molecule has 17 heavy (non-hydrogen) atoms. The van der Waals surface area contributed by atoms with Gasteiger partial charge in [-0.1, -0.05) is 20.8 Å². The van der Waals surface area contributed by atoms with Crippen LogP contribution < -0.4 is 5.32 Å². The third-order valence-electron chi connectivity index (χ3n) is 4.93. The summed E-state index contributed by atoms with van der Waals surface area (Å²) in [5.74, 6) is 1.87. The van der Waals surface area contributed by atoms with Gasteiger partial charge in [0.15, 0.2) is 0 Å². The number of hydrogen-bond donors (Lipinski definition) is 1. The van der Waals surface area contributed by atoms with Gasteiger partial charge in [-0.25, -0.2) is 0 Å². The Morgan fingerprint density at radius 3 is 2.41 bits per heavy atom. The van der Waals surface area contributed by atoms with Gasteiger partial charge in [0.2, 0.25) is 0 Å². The van der Waals surface area contributed by atoms with Crippen molar-refractivity contribution in [1.82, 2.24) is 10.2 Å². The first-order chi connectivity index (χ1) is 8.20. The summed E-state index contributed by atoms with van der Waals surface area (Å²) in [5, 5.41) is 3.61. The zero-order valence-corrected chi connectivity index (χ0v) is 11.9. The summed E-state index contributed by atoms with van der Waals surface area (Å²) in [6.45, 7) is 10.8. The highest BCUT2D eigenvalue weighted by molar-refractivity contribution is 4.88. The van der Waals surface area contributed by atoms with Crippen molar-refractivity contribution >= 4 is 0 Å². The first-order valence-corrected chi connectivity index (χ1v) is 7.68. The number of nitrogens with zero attached hydrogens (tertiary/aromatic N) is 1. The van der Waals surface area contributed by atoms with Gasteiger partial charge in [-0.3, -0.25) is 0 Å². The molecule has 2 atom stereocenters. The van der Waals surface area contributed by atoms with Crippen LogP contribution in [-0.4, -0.2) is 36.6 Å². The summed E-state index contributed by atoms with van der Waals surface area (Å²) in [6, 6.07) is 1.68. The fourth-order valence-electron chi connectivity index (χ4n) is 3.71. The van der Waals surface area contributed by atoms with Gasteiger partial charge < -0.3 is 10.2 Å². The van der Waals surface area contributed by atoms with E-state index in [9.17, 15) is 0 Å². The molecule has 1 aliphatic carbocycles. The lowest BCUT2D eigenvalue weighted by Crippen LogP contribution is -2.42. The van der Waals surface area contributed by atoms with E-state index in [1.165, 1.54) is 45.2 Å². The molecule has 0 aromatic rings. The van der Waals surface area contributed by atoms with Gasteiger partial charge >= 0.3 is 0 Å². The van der Waals surface area contributed by atoms with E-state index in [1.54, 1.807) is 0 Å². The van der Waals surface area contributed by atoms with Gasteiger partial charge in [-0.2, -0.15) is 0 Å². The molecule has 0 radical (unpaired) electrons. The number of hydrogen-bond acceptors (Lipinski definition) is 2. The third kappa shape index (κ3) is 3.45. The Balaban J connectivity index is 1.74. The van der Waals surface area contributed by atoms with E-state index in [4.69, 9.17) is 0 Å². The first kappa shape index (κ1) is 13.4. The monoisotopic (exact) mass is 238 g/mol. The van der Waals surface area contributed by atoms with Gasteiger partial charge in [0, 0.05) is 12.1 Å². The molecular weight excluding hydrogens is 208 g/mol. The van der Waals surface area contributed by atoms with Crippen molar-refractivity contribution in [2.45, 2.75) is 65.0 Å². The molecule has 1 aliphatic heterocycles. The molecule has 2 unspecified atom stereocenters. The van der Waals surface area contributed by atoms with Crippen molar-refractivity contribution in [3.63, 3.8) is 0 Å². The lowest BCUT2D eigenvalue weighted by atomic mass is 9.86. The minimum Gasteiger partial charge on any atom is -0.314 e. The summed E-state index contributed by atoms with van der Waals surface area (Å²) in [7, 11) is 0. The number of nitrogens with one attached hydrogen (secondary N) is 1. The van der Waals surface area contributed by atoms with E-state index in [-0.39, 0.29) is 0 Å². The van der Waals surface area contributed by atoms with E-state index >= 15 is 0 Å². The molecule has 1 saturated carbocycles. The molecule has 0 spiro atoms. The molecule has 2 rings (SSSR count).